The van der Waals surface area contributed by atoms with Crippen LogP contribution in [0.25, 0.3) is 0 Å². The van der Waals surface area contributed by atoms with E-state index in [4.69, 9.17) is 4.74 Å². The molecule has 2 aromatic carbocycles. The second-order valence-electron chi connectivity index (χ2n) is 4.98. The minimum atomic E-state index is -3.87. The van der Waals surface area contributed by atoms with Gasteiger partial charge in [-0.25, -0.2) is 12.8 Å². The van der Waals surface area contributed by atoms with Gasteiger partial charge in [-0.2, -0.15) is 0 Å². The van der Waals surface area contributed by atoms with Crippen molar-refractivity contribution in [3.63, 3.8) is 0 Å². The third-order valence-corrected chi connectivity index (χ3v) is 4.80. The summed E-state index contributed by atoms with van der Waals surface area (Å²) in [6, 6.07) is 9.20. The maximum atomic E-state index is 12.9. The maximum absolute atomic E-state index is 12.9. The first-order valence-electron chi connectivity index (χ1n) is 6.68. The van der Waals surface area contributed by atoms with Crippen molar-refractivity contribution in [1.82, 2.24) is 0 Å². The molecule has 23 heavy (non-hydrogen) atoms. The number of anilines is 2. The summed E-state index contributed by atoms with van der Waals surface area (Å²) in [7, 11) is -2.32. The van der Waals surface area contributed by atoms with Gasteiger partial charge in [-0.15, -0.1) is 0 Å². The summed E-state index contributed by atoms with van der Waals surface area (Å²) in [4.78, 5) is 13.0. The third-order valence-electron chi connectivity index (χ3n) is 3.42. The Bertz CT molecular complexity index is 866. The normalized spacial score (nSPS) is 14.2. The standard InChI is InChI=1S/C15H13FN2O4S/c1-18-13-8-12(6-7-14(13)22-9-15(18)19)23(20,21)17-11-4-2-10(16)3-5-11/h2-8,17H,9H2,1H3. The van der Waals surface area contributed by atoms with Crippen molar-refractivity contribution in [2.24, 2.45) is 0 Å². The summed E-state index contributed by atoms with van der Waals surface area (Å²) in [5.41, 5.74) is 0.619. The summed E-state index contributed by atoms with van der Waals surface area (Å²) >= 11 is 0. The van der Waals surface area contributed by atoms with Crippen LogP contribution in [-0.4, -0.2) is 28.0 Å². The van der Waals surface area contributed by atoms with Crippen molar-refractivity contribution in [3.05, 3.63) is 48.3 Å². The lowest BCUT2D eigenvalue weighted by atomic mass is 10.2. The average molecular weight is 336 g/mol. The number of hydrogen-bond acceptors (Lipinski definition) is 4. The fourth-order valence-corrected chi connectivity index (χ4v) is 3.23. The minimum Gasteiger partial charge on any atom is -0.482 e. The van der Waals surface area contributed by atoms with Crippen molar-refractivity contribution in [2.75, 3.05) is 23.3 Å². The molecule has 0 bridgehead atoms. The summed E-state index contributed by atoms with van der Waals surface area (Å²) in [5, 5.41) is 0. The number of ether oxygens (including phenoxy) is 1. The van der Waals surface area contributed by atoms with E-state index in [1.165, 1.54) is 35.2 Å². The van der Waals surface area contributed by atoms with Gasteiger partial charge in [-0.3, -0.25) is 9.52 Å². The number of likely N-dealkylation sites (N-methyl/N-ethyl adjacent to an activating group) is 1. The first kappa shape index (κ1) is 15.3. The molecular formula is C15H13FN2O4S. The maximum Gasteiger partial charge on any atom is 0.264 e. The predicted molar refractivity (Wildman–Crippen MR) is 82.6 cm³/mol. The number of benzene rings is 2. The lowest BCUT2D eigenvalue weighted by Gasteiger charge is -2.26. The molecule has 1 aliphatic heterocycles. The van der Waals surface area contributed by atoms with Gasteiger partial charge in [-0.05, 0) is 42.5 Å². The van der Waals surface area contributed by atoms with Crippen LogP contribution >= 0.6 is 0 Å². The highest BCUT2D eigenvalue weighted by Crippen LogP contribution is 2.33. The van der Waals surface area contributed by atoms with Crippen LogP contribution in [0.5, 0.6) is 5.75 Å². The Kier molecular flexibility index (Phi) is 3.69. The van der Waals surface area contributed by atoms with Gasteiger partial charge >= 0.3 is 0 Å². The number of halogens is 1. The molecule has 8 heteroatoms. The molecule has 1 N–H and O–H groups in total. The summed E-state index contributed by atoms with van der Waals surface area (Å²) in [6.45, 7) is -0.0799. The van der Waals surface area contributed by atoms with Crippen molar-refractivity contribution >= 4 is 27.3 Å². The number of nitrogens with one attached hydrogen (secondary N) is 1. The first-order valence-corrected chi connectivity index (χ1v) is 8.17. The molecule has 1 heterocycles. The van der Waals surface area contributed by atoms with Crippen molar-refractivity contribution in [2.45, 2.75) is 4.90 Å². The quantitative estimate of drug-likeness (QED) is 0.930. The van der Waals surface area contributed by atoms with Crippen LogP contribution in [0.3, 0.4) is 0 Å². The van der Waals surface area contributed by atoms with E-state index < -0.39 is 15.8 Å². The van der Waals surface area contributed by atoms with E-state index in [9.17, 15) is 17.6 Å². The van der Waals surface area contributed by atoms with Crippen LogP contribution in [0, 0.1) is 5.82 Å². The fourth-order valence-electron chi connectivity index (χ4n) is 2.15. The highest BCUT2D eigenvalue weighted by Gasteiger charge is 2.25. The van der Waals surface area contributed by atoms with Crippen LogP contribution in [-0.2, 0) is 14.8 Å². The van der Waals surface area contributed by atoms with Crippen molar-refractivity contribution in [1.29, 1.82) is 0 Å². The Morgan fingerprint density at radius 3 is 2.57 bits per heavy atom. The van der Waals surface area contributed by atoms with E-state index in [0.29, 0.717) is 11.4 Å². The molecule has 0 radical (unpaired) electrons. The molecule has 0 saturated carbocycles. The smallest absolute Gasteiger partial charge is 0.264 e. The van der Waals surface area contributed by atoms with E-state index in [1.807, 2.05) is 0 Å². The molecule has 0 aromatic heterocycles. The van der Waals surface area contributed by atoms with Gasteiger partial charge in [0.15, 0.2) is 6.61 Å². The Morgan fingerprint density at radius 1 is 1.17 bits per heavy atom. The second kappa shape index (κ2) is 5.54. The number of carbonyl (C=O) groups excluding carboxylic acids is 1. The zero-order chi connectivity index (χ0) is 16.6. The highest BCUT2D eigenvalue weighted by atomic mass is 32.2. The molecule has 3 rings (SSSR count). The average Bonchev–Trinajstić information content (AvgIpc) is 2.53. The zero-order valence-electron chi connectivity index (χ0n) is 12.1. The van der Waals surface area contributed by atoms with Gasteiger partial charge in [0.1, 0.15) is 11.6 Å². The number of amides is 1. The van der Waals surface area contributed by atoms with Crippen LogP contribution in [0.15, 0.2) is 47.4 Å². The molecule has 0 saturated heterocycles. The summed E-state index contributed by atoms with van der Waals surface area (Å²) in [6.07, 6.45) is 0. The predicted octanol–water partition coefficient (Wildman–Crippen LogP) is 1.98. The summed E-state index contributed by atoms with van der Waals surface area (Å²) < 4.78 is 45.3. The molecule has 6 nitrogen and oxygen atoms in total. The highest BCUT2D eigenvalue weighted by molar-refractivity contribution is 7.92. The van der Waals surface area contributed by atoms with Gasteiger partial charge in [0.05, 0.1) is 10.6 Å². The van der Waals surface area contributed by atoms with Gasteiger partial charge in [-0.1, -0.05) is 0 Å². The lowest BCUT2D eigenvalue weighted by molar-refractivity contribution is -0.120. The second-order valence-corrected chi connectivity index (χ2v) is 6.67. The molecule has 1 amide bonds. The lowest BCUT2D eigenvalue weighted by Crippen LogP contribution is -2.35. The summed E-state index contributed by atoms with van der Waals surface area (Å²) in [5.74, 6) is -0.287. The van der Waals surface area contributed by atoms with Crippen LogP contribution < -0.4 is 14.4 Å². The topological polar surface area (TPSA) is 75.7 Å². The van der Waals surface area contributed by atoms with E-state index in [2.05, 4.69) is 4.72 Å². The van der Waals surface area contributed by atoms with E-state index in [-0.39, 0.29) is 23.1 Å². The number of carbonyl (C=O) groups is 1. The monoisotopic (exact) mass is 336 g/mol. The number of rotatable bonds is 3. The minimum absolute atomic E-state index is 0.0225. The first-order chi connectivity index (χ1) is 10.9. The van der Waals surface area contributed by atoms with Crippen LogP contribution in [0.4, 0.5) is 15.8 Å². The molecule has 0 unspecified atom stereocenters. The molecule has 0 aliphatic carbocycles. The molecular weight excluding hydrogens is 323 g/mol. The van der Waals surface area contributed by atoms with Gasteiger partial charge in [0.2, 0.25) is 0 Å². The van der Waals surface area contributed by atoms with E-state index in [1.54, 1.807) is 7.05 Å². The Hall–Kier alpha value is -2.61. The molecule has 2 aromatic rings. The number of fused-ring (bicyclic) bond motifs is 1. The molecule has 0 fully saturated rings. The van der Waals surface area contributed by atoms with Crippen molar-refractivity contribution < 1.29 is 22.3 Å². The van der Waals surface area contributed by atoms with Gasteiger partial charge in [0, 0.05) is 12.7 Å². The van der Waals surface area contributed by atoms with Gasteiger partial charge in [0.25, 0.3) is 15.9 Å². The fraction of sp³-hybridized carbons (Fsp3) is 0.133. The largest absolute Gasteiger partial charge is 0.482 e. The van der Waals surface area contributed by atoms with E-state index in [0.717, 1.165) is 12.1 Å². The van der Waals surface area contributed by atoms with Crippen molar-refractivity contribution in [3.8, 4) is 5.75 Å². The third kappa shape index (κ3) is 2.98. The van der Waals surface area contributed by atoms with Gasteiger partial charge < -0.3 is 9.64 Å². The molecule has 0 spiro atoms. The Labute approximate surface area is 132 Å². The van der Waals surface area contributed by atoms with Crippen LogP contribution in [0.2, 0.25) is 0 Å². The number of nitrogens with zero attached hydrogens (tertiary/aromatic N) is 1. The molecule has 120 valence electrons. The zero-order valence-corrected chi connectivity index (χ0v) is 12.9. The number of sulfonamides is 1. The molecule has 1 aliphatic rings. The molecule has 0 atom stereocenters. The SMILES string of the molecule is CN1C(=O)COc2ccc(S(=O)(=O)Nc3ccc(F)cc3)cc21. The Morgan fingerprint density at radius 2 is 1.87 bits per heavy atom. The van der Waals surface area contributed by atoms with E-state index >= 15 is 0 Å². The Balaban J connectivity index is 1.94. The number of hydrogen-bond donors (Lipinski definition) is 1. The van der Waals surface area contributed by atoms with Crippen LogP contribution in [0.1, 0.15) is 0 Å².